The molecule has 2 rings (SSSR count). The number of benzene rings is 1. The van der Waals surface area contributed by atoms with Crippen molar-refractivity contribution >= 4 is 22.4 Å². The number of nitrogens with one attached hydrogen (secondary N) is 1. The molecule has 0 bridgehead atoms. The molecule has 0 amide bonds. The first-order valence-electron chi connectivity index (χ1n) is 5.59. The lowest BCUT2D eigenvalue weighted by atomic mass is 10.0. The van der Waals surface area contributed by atoms with Crippen LogP contribution in [0.2, 0.25) is 0 Å². The summed E-state index contributed by atoms with van der Waals surface area (Å²) >= 11 is 0. The average Bonchev–Trinajstić information content (AvgIpc) is 2.28. The SMILES string of the molecule is CN(C)CC(=O)c1c(N)[nH]c(=O)c2ccccc12. The van der Waals surface area contributed by atoms with Crippen molar-refractivity contribution in [1.82, 2.24) is 9.88 Å². The van der Waals surface area contributed by atoms with Crippen molar-refractivity contribution in [3.05, 3.63) is 40.2 Å². The average molecular weight is 245 g/mol. The van der Waals surface area contributed by atoms with Gasteiger partial charge in [0.2, 0.25) is 0 Å². The van der Waals surface area contributed by atoms with E-state index in [1.54, 1.807) is 29.2 Å². The monoisotopic (exact) mass is 245 g/mol. The Morgan fingerprint density at radius 3 is 2.50 bits per heavy atom. The fourth-order valence-electron chi connectivity index (χ4n) is 1.96. The summed E-state index contributed by atoms with van der Waals surface area (Å²) in [5.74, 6) is 0.0236. The highest BCUT2D eigenvalue weighted by Gasteiger charge is 2.16. The highest BCUT2D eigenvalue weighted by Crippen LogP contribution is 2.20. The third-order valence-electron chi connectivity index (χ3n) is 2.70. The van der Waals surface area contributed by atoms with E-state index in [-0.39, 0.29) is 23.7 Å². The van der Waals surface area contributed by atoms with E-state index in [9.17, 15) is 9.59 Å². The zero-order valence-electron chi connectivity index (χ0n) is 10.4. The molecular formula is C13H15N3O2. The molecule has 1 heterocycles. The van der Waals surface area contributed by atoms with Gasteiger partial charge >= 0.3 is 0 Å². The number of rotatable bonds is 3. The topological polar surface area (TPSA) is 79.2 Å². The number of fused-ring (bicyclic) bond motifs is 1. The van der Waals surface area contributed by atoms with E-state index in [0.29, 0.717) is 16.3 Å². The molecule has 0 radical (unpaired) electrons. The molecular weight excluding hydrogens is 230 g/mol. The molecule has 0 atom stereocenters. The van der Waals surface area contributed by atoms with Gasteiger partial charge in [-0.15, -0.1) is 0 Å². The molecule has 18 heavy (non-hydrogen) atoms. The maximum Gasteiger partial charge on any atom is 0.257 e. The zero-order valence-corrected chi connectivity index (χ0v) is 10.4. The Morgan fingerprint density at radius 1 is 1.28 bits per heavy atom. The Balaban J connectivity index is 2.70. The molecule has 0 aliphatic carbocycles. The predicted octanol–water partition coefficient (Wildman–Crippen LogP) is 0.855. The summed E-state index contributed by atoms with van der Waals surface area (Å²) in [6.45, 7) is 0.250. The standard InChI is InChI=1S/C13H15N3O2/c1-16(2)7-10(17)11-8-5-3-4-6-9(8)13(18)15-12(11)14/h3-6H,7H2,1-2H3,(H3,14,15,18). The van der Waals surface area contributed by atoms with Gasteiger partial charge in [-0.25, -0.2) is 0 Å². The molecule has 0 aliphatic rings. The van der Waals surface area contributed by atoms with Crippen molar-refractivity contribution in [1.29, 1.82) is 0 Å². The van der Waals surface area contributed by atoms with Crippen LogP contribution in [-0.2, 0) is 0 Å². The molecule has 5 heteroatoms. The van der Waals surface area contributed by atoms with Gasteiger partial charge in [-0.2, -0.15) is 0 Å². The van der Waals surface area contributed by atoms with Gasteiger partial charge in [0.1, 0.15) is 5.82 Å². The molecule has 1 aromatic carbocycles. The first-order chi connectivity index (χ1) is 8.50. The minimum absolute atomic E-state index is 0.107. The number of aromatic nitrogens is 1. The summed E-state index contributed by atoms with van der Waals surface area (Å²) in [6.07, 6.45) is 0. The van der Waals surface area contributed by atoms with Crippen LogP contribution in [0.5, 0.6) is 0 Å². The molecule has 3 N–H and O–H groups in total. The Hall–Kier alpha value is -2.14. The number of ketones is 1. The number of carbonyl (C=O) groups is 1. The van der Waals surface area contributed by atoms with E-state index in [1.165, 1.54) is 0 Å². The number of H-pyrrole nitrogens is 1. The molecule has 5 nitrogen and oxygen atoms in total. The lowest BCUT2D eigenvalue weighted by Gasteiger charge is -2.12. The fraction of sp³-hybridized carbons (Fsp3) is 0.231. The van der Waals surface area contributed by atoms with Gasteiger partial charge in [0, 0.05) is 10.8 Å². The van der Waals surface area contributed by atoms with Gasteiger partial charge in [-0.1, -0.05) is 18.2 Å². The van der Waals surface area contributed by atoms with Gasteiger partial charge in [-0.3, -0.25) is 9.59 Å². The van der Waals surface area contributed by atoms with E-state index >= 15 is 0 Å². The van der Waals surface area contributed by atoms with Gasteiger partial charge < -0.3 is 15.6 Å². The number of nitrogens with two attached hydrogens (primary N) is 1. The molecule has 94 valence electrons. The van der Waals surface area contributed by atoms with E-state index in [2.05, 4.69) is 4.98 Å². The number of aromatic amines is 1. The van der Waals surface area contributed by atoms with Gasteiger partial charge in [0.25, 0.3) is 5.56 Å². The minimum Gasteiger partial charge on any atom is -0.385 e. The first-order valence-corrected chi connectivity index (χ1v) is 5.59. The van der Waals surface area contributed by atoms with Crippen LogP contribution < -0.4 is 11.3 Å². The highest BCUT2D eigenvalue weighted by atomic mass is 16.1. The summed E-state index contributed by atoms with van der Waals surface area (Å²) in [5, 5.41) is 1.08. The van der Waals surface area contributed by atoms with Gasteiger partial charge in [0.05, 0.1) is 12.1 Å². The molecule has 0 saturated heterocycles. The number of pyridine rings is 1. The molecule has 0 fully saturated rings. The third kappa shape index (κ3) is 2.12. The Bertz CT molecular complexity index is 659. The van der Waals surface area contributed by atoms with Gasteiger partial charge in [-0.05, 0) is 20.2 Å². The van der Waals surface area contributed by atoms with Crippen molar-refractivity contribution < 1.29 is 4.79 Å². The number of anilines is 1. The second-order valence-corrected chi connectivity index (χ2v) is 4.45. The van der Waals surface area contributed by atoms with Gasteiger partial charge in [0.15, 0.2) is 5.78 Å². The number of likely N-dealkylation sites (N-methyl/N-ethyl adjacent to an activating group) is 1. The second-order valence-electron chi connectivity index (χ2n) is 4.45. The molecule has 0 spiro atoms. The molecule has 0 aliphatic heterocycles. The van der Waals surface area contributed by atoms with Crippen LogP contribution in [0.25, 0.3) is 10.8 Å². The number of hydrogen-bond donors (Lipinski definition) is 2. The second kappa shape index (κ2) is 4.62. The summed E-state index contributed by atoms with van der Waals surface area (Å²) in [5.41, 5.74) is 5.88. The van der Waals surface area contributed by atoms with Crippen molar-refractivity contribution in [3.63, 3.8) is 0 Å². The lowest BCUT2D eigenvalue weighted by Crippen LogP contribution is -2.24. The first kappa shape index (κ1) is 12.3. The molecule has 1 aromatic heterocycles. The molecule has 0 saturated carbocycles. The van der Waals surface area contributed by atoms with E-state index in [1.807, 2.05) is 14.1 Å². The quantitative estimate of drug-likeness (QED) is 0.786. The number of Topliss-reactive ketones (excluding diaryl/α,β-unsaturated/α-hetero) is 1. The highest BCUT2D eigenvalue weighted by molar-refractivity contribution is 6.12. The number of carbonyl (C=O) groups excluding carboxylic acids is 1. The summed E-state index contributed by atoms with van der Waals surface area (Å²) < 4.78 is 0. The Morgan fingerprint density at radius 2 is 1.89 bits per heavy atom. The Labute approximate surface area is 104 Å². The normalized spacial score (nSPS) is 11.1. The maximum atomic E-state index is 12.2. The van der Waals surface area contributed by atoms with Crippen LogP contribution in [0.15, 0.2) is 29.1 Å². The van der Waals surface area contributed by atoms with Crippen LogP contribution in [0.4, 0.5) is 5.82 Å². The van der Waals surface area contributed by atoms with E-state index in [0.717, 1.165) is 0 Å². The smallest absolute Gasteiger partial charge is 0.257 e. The fourth-order valence-corrected chi connectivity index (χ4v) is 1.96. The summed E-state index contributed by atoms with van der Waals surface area (Å²) in [6, 6.07) is 6.96. The summed E-state index contributed by atoms with van der Waals surface area (Å²) in [7, 11) is 3.62. The maximum absolute atomic E-state index is 12.2. The van der Waals surface area contributed by atoms with Crippen LogP contribution in [0, 0.1) is 0 Å². The van der Waals surface area contributed by atoms with E-state index in [4.69, 9.17) is 5.73 Å². The van der Waals surface area contributed by atoms with Crippen molar-refractivity contribution in [3.8, 4) is 0 Å². The van der Waals surface area contributed by atoms with Crippen molar-refractivity contribution in [2.24, 2.45) is 0 Å². The lowest BCUT2D eigenvalue weighted by molar-refractivity contribution is 0.0960. The van der Waals surface area contributed by atoms with Crippen LogP contribution >= 0.6 is 0 Å². The molecule has 0 unspecified atom stereocenters. The van der Waals surface area contributed by atoms with E-state index < -0.39 is 0 Å². The minimum atomic E-state index is -0.274. The predicted molar refractivity (Wildman–Crippen MR) is 71.9 cm³/mol. The van der Waals surface area contributed by atoms with Crippen LogP contribution in [0.3, 0.4) is 0 Å². The number of hydrogen-bond acceptors (Lipinski definition) is 4. The third-order valence-corrected chi connectivity index (χ3v) is 2.70. The molecule has 2 aromatic rings. The van der Waals surface area contributed by atoms with Crippen molar-refractivity contribution in [2.75, 3.05) is 26.4 Å². The van der Waals surface area contributed by atoms with Crippen LogP contribution in [0.1, 0.15) is 10.4 Å². The van der Waals surface area contributed by atoms with Crippen LogP contribution in [-0.4, -0.2) is 36.3 Å². The largest absolute Gasteiger partial charge is 0.385 e. The summed E-state index contributed by atoms with van der Waals surface area (Å²) in [4.78, 5) is 28.2. The van der Waals surface area contributed by atoms with Crippen molar-refractivity contribution in [2.45, 2.75) is 0 Å². The Kier molecular flexibility index (Phi) is 3.16. The number of nitrogen functional groups attached to an aromatic ring is 1. The zero-order chi connectivity index (χ0) is 13.3. The number of nitrogens with zero attached hydrogens (tertiary/aromatic N) is 1.